The molecule has 0 aromatic heterocycles. The number of halogens is 2. The number of hydrazine groups is 1. The van der Waals surface area contributed by atoms with Crippen LogP contribution in [0.5, 0.6) is 11.5 Å². The van der Waals surface area contributed by atoms with E-state index in [0.29, 0.717) is 17.1 Å². The molecule has 0 aliphatic rings. The fraction of sp³-hybridized carbons (Fsp3) is 0.200. The van der Waals surface area contributed by atoms with Crippen molar-refractivity contribution in [3.05, 3.63) is 58.4 Å². The van der Waals surface area contributed by atoms with Crippen LogP contribution in [0.2, 0.25) is 5.02 Å². The van der Waals surface area contributed by atoms with Gasteiger partial charge in [-0.15, -0.1) is 0 Å². The maximum absolute atomic E-state index is 13.7. The first-order valence-electron chi connectivity index (χ1n) is 6.23. The monoisotopic (exact) mass is 310 g/mol. The number of rotatable bonds is 5. The van der Waals surface area contributed by atoms with Crippen molar-refractivity contribution in [3.8, 4) is 11.5 Å². The molecule has 0 amide bonds. The lowest BCUT2D eigenvalue weighted by Crippen LogP contribution is -2.29. The molecular formula is C15H16ClFN2O2. The third-order valence-electron chi connectivity index (χ3n) is 3.19. The lowest BCUT2D eigenvalue weighted by Gasteiger charge is -2.20. The zero-order valence-electron chi connectivity index (χ0n) is 11.7. The molecule has 0 fully saturated rings. The Bertz CT molecular complexity index is 637. The summed E-state index contributed by atoms with van der Waals surface area (Å²) in [6, 6.07) is 9.41. The van der Waals surface area contributed by atoms with Gasteiger partial charge in [0.1, 0.15) is 17.3 Å². The van der Waals surface area contributed by atoms with Gasteiger partial charge in [0.2, 0.25) is 0 Å². The van der Waals surface area contributed by atoms with Gasteiger partial charge in [-0.2, -0.15) is 0 Å². The number of ether oxygens (including phenoxy) is 2. The highest BCUT2D eigenvalue weighted by molar-refractivity contribution is 6.30. The third-order valence-corrected chi connectivity index (χ3v) is 3.50. The molecule has 0 spiro atoms. The second kappa shape index (κ2) is 6.76. The highest BCUT2D eigenvalue weighted by Gasteiger charge is 2.19. The van der Waals surface area contributed by atoms with E-state index in [-0.39, 0.29) is 5.02 Å². The van der Waals surface area contributed by atoms with Gasteiger partial charge in [0.15, 0.2) is 0 Å². The number of methoxy groups -OCH3 is 2. The van der Waals surface area contributed by atoms with E-state index < -0.39 is 11.9 Å². The highest BCUT2D eigenvalue weighted by Crippen LogP contribution is 2.33. The summed E-state index contributed by atoms with van der Waals surface area (Å²) >= 11 is 5.71. The van der Waals surface area contributed by atoms with Crippen molar-refractivity contribution in [1.29, 1.82) is 0 Å². The molecule has 0 saturated heterocycles. The van der Waals surface area contributed by atoms with Gasteiger partial charge < -0.3 is 9.47 Å². The zero-order valence-corrected chi connectivity index (χ0v) is 12.4. The first-order chi connectivity index (χ1) is 10.1. The van der Waals surface area contributed by atoms with Crippen molar-refractivity contribution in [2.75, 3.05) is 14.2 Å². The molecule has 112 valence electrons. The molecule has 2 aromatic carbocycles. The molecule has 2 rings (SSSR count). The Balaban J connectivity index is 2.51. The summed E-state index contributed by atoms with van der Waals surface area (Å²) in [6.07, 6.45) is 0. The summed E-state index contributed by atoms with van der Waals surface area (Å²) < 4.78 is 24.2. The van der Waals surface area contributed by atoms with Crippen LogP contribution in [-0.2, 0) is 0 Å². The van der Waals surface area contributed by atoms with Crippen LogP contribution in [0.1, 0.15) is 17.2 Å². The Hall–Kier alpha value is -1.82. The summed E-state index contributed by atoms with van der Waals surface area (Å²) in [5.74, 6) is 6.41. The van der Waals surface area contributed by atoms with E-state index in [0.717, 1.165) is 5.56 Å². The van der Waals surface area contributed by atoms with E-state index in [9.17, 15) is 4.39 Å². The maximum atomic E-state index is 13.7. The molecule has 6 heteroatoms. The molecule has 21 heavy (non-hydrogen) atoms. The topological polar surface area (TPSA) is 56.5 Å². The van der Waals surface area contributed by atoms with Gasteiger partial charge in [-0.05, 0) is 35.9 Å². The van der Waals surface area contributed by atoms with Crippen LogP contribution in [-0.4, -0.2) is 14.2 Å². The first-order valence-corrected chi connectivity index (χ1v) is 6.61. The molecule has 0 saturated carbocycles. The van der Waals surface area contributed by atoms with E-state index in [2.05, 4.69) is 5.43 Å². The Morgan fingerprint density at radius 1 is 1.14 bits per heavy atom. The second-order valence-electron chi connectivity index (χ2n) is 4.38. The molecular weight excluding hydrogens is 295 g/mol. The molecule has 0 radical (unpaired) electrons. The quantitative estimate of drug-likeness (QED) is 0.658. The zero-order chi connectivity index (χ0) is 15.4. The van der Waals surface area contributed by atoms with Crippen molar-refractivity contribution in [2.24, 2.45) is 5.84 Å². The molecule has 1 unspecified atom stereocenters. The molecule has 3 N–H and O–H groups in total. The molecule has 2 aromatic rings. The van der Waals surface area contributed by atoms with Crippen LogP contribution in [0.4, 0.5) is 4.39 Å². The van der Waals surface area contributed by atoms with Crippen molar-refractivity contribution in [1.82, 2.24) is 5.43 Å². The Kier molecular flexibility index (Phi) is 5.01. The number of nitrogens with two attached hydrogens (primary N) is 1. The van der Waals surface area contributed by atoms with Gasteiger partial charge >= 0.3 is 0 Å². The molecule has 0 aliphatic heterocycles. The van der Waals surface area contributed by atoms with Crippen molar-refractivity contribution in [3.63, 3.8) is 0 Å². The molecule has 4 nitrogen and oxygen atoms in total. The predicted molar refractivity (Wildman–Crippen MR) is 80.1 cm³/mol. The van der Waals surface area contributed by atoms with E-state index in [1.54, 1.807) is 38.5 Å². The van der Waals surface area contributed by atoms with Gasteiger partial charge in [0, 0.05) is 5.56 Å². The largest absolute Gasteiger partial charge is 0.497 e. The predicted octanol–water partition coefficient (Wildman–Crippen LogP) is 3.05. The Labute approximate surface area is 127 Å². The van der Waals surface area contributed by atoms with Crippen LogP contribution in [0.3, 0.4) is 0 Å². The number of nitrogens with one attached hydrogen (secondary N) is 1. The van der Waals surface area contributed by atoms with Crippen molar-refractivity contribution < 1.29 is 13.9 Å². The van der Waals surface area contributed by atoms with Crippen LogP contribution in [0.25, 0.3) is 0 Å². The number of hydrogen-bond acceptors (Lipinski definition) is 4. The van der Waals surface area contributed by atoms with Gasteiger partial charge in [-0.1, -0.05) is 17.7 Å². The Morgan fingerprint density at radius 3 is 2.48 bits per heavy atom. The number of hydrogen-bond donors (Lipinski definition) is 2. The van der Waals surface area contributed by atoms with Gasteiger partial charge in [-0.3, -0.25) is 5.84 Å². The lowest BCUT2D eigenvalue weighted by molar-refractivity contribution is 0.394. The van der Waals surface area contributed by atoms with Crippen LogP contribution in [0.15, 0.2) is 36.4 Å². The Morgan fingerprint density at radius 2 is 1.90 bits per heavy atom. The SMILES string of the molecule is COc1ccc(OC)c(C(NN)c2ccc(Cl)c(F)c2)c1. The van der Waals surface area contributed by atoms with E-state index in [1.807, 2.05) is 0 Å². The van der Waals surface area contributed by atoms with Crippen molar-refractivity contribution >= 4 is 11.6 Å². The fourth-order valence-corrected chi connectivity index (χ4v) is 2.24. The summed E-state index contributed by atoms with van der Waals surface area (Å²) in [7, 11) is 3.12. The first kappa shape index (κ1) is 15.6. The molecule has 1 atom stereocenters. The van der Waals surface area contributed by atoms with Crippen LogP contribution in [0, 0.1) is 5.82 Å². The van der Waals surface area contributed by atoms with Gasteiger partial charge in [0.25, 0.3) is 0 Å². The molecule has 0 aliphatic carbocycles. The fourth-order valence-electron chi connectivity index (χ4n) is 2.12. The van der Waals surface area contributed by atoms with Crippen LogP contribution < -0.4 is 20.7 Å². The van der Waals surface area contributed by atoms with Gasteiger partial charge in [0.05, 0.1) is 25.3 Å². The minimum Gasteiger partial charge on any atom is -0.497 e. The third kappa shape index (κ3) is 3.26. The summed E-state index contributed by atoms with van der Waals surface area (Å²) in [6.45, 7) is 0. The van der Waals surface area contributed by atoms with Gasteiger partial charge in [-0.25, -0.2) is 9.82 Å². The second-order valence-corrected chi connectivity index (χ2v) is 4.79. The normalized spacial score (nSPS) is 12.0. The summed E-state index contributed by atoms with van der Waals surface area (Å²) in [5.41, 5.74) is 4.03. The summed E-state index contributed by atoms with van der Waals surface area (Å²) in [4.78, 5) is 0. The average Bonchev–Trinajstić information content (AvgIpc) is 2.51. The van der Waals surface area contributed by atoms with E-state index >= 15 is 0 Å². The maximum Gasteiger partial charge on any atom is 0.142 e. The van der Waals surface area contributed by atoms with E-state index in [1.165, 1.54) is 12.1 Å². The minimum absolute atomic E-state index is 0.0622. The van der Waals surface area contributed by atoms with Crippen LogP contribution >= 0.6 is 11.6 Å². The standard InChI is InChI=1S/C15H16ClFN2O2/c1-20-10-4-6-14(21-2)11(8-10)15(19-18)9-3-5-12(16)13(17)7-9/h3-8,15,19H,18H2,1-2H3. The van der Waals surface area contributed by atoms with Crippen molar-refractivity contribution in [2.45, 2.75) is 6.04 Å². The average molecular weight is 311 g/mol. The smallest absolute Gasteiger partial charge is 0.142 e. The van der Waals surface area contributed by atoms with E-state index in [4.69, 9.17) is 26.9 Å². The number of benzene rings is 2. The molecule has 0 heterocycles. The minimum atomic E-state index is -0.503. The highest BCUT2D eigenvalue weighted by atomic mass is 35.5. The lowest BCUT2D eigenvalue weighted by atomic mass is 9.98. The molecule has 0 bridgehead atoms. The summed E-state index contributed by atoms with van der Waals surface area (Å²) in [5, 5.41) is 0.0622.